The lowest BCUT2D eigenvalue weighted by Crippen LogP contribution is -2.13. The number of thiazole rings is 1. The van der Waals surface area contributed by atoms with Crippen molar-refractivity contribution < 1.29 is 9.53 Å². The van der Waals surface area contributed by atoms with Crippen molar-refractivity contribution in [3.8, 4) is 0 Å². The maximum Gasteiger partial charge on any atom is 0.413 e. The summed E-state index contributed by atoms with van der Waals surface area (Å²) in [5, 5.41) is 3.19. The molecular formula is C15H12N2O2S. The molecule has 0 fully saturated rings. The summed E-state index contributed by atoms with van der Waals surface area (Å²) in [6.07, 6.45) is -0.493. The monoisotopic (exact) mass is 284 g/mol. The number of aromatic nitrogens is 1. The molecular weight excluding hydrogens is 272 g/mol. The van der Waals surface area contributed by atoms with Gasteiger partial charge in [0.2, 0.25) is 0 Å². The van der Waals surface area contributed by atoms with Crippen LogP contribution in [0.2, 0.25) is 0 Å². The molecule has 0 spiro atoms. The van der Waals surface area contributed by atoms with Crippen molar-refractivity contribution in [1.82, 2.24) is 4.98 Å². The minimum absolute atomic E-state index is 0.248. The summed E-state index contributed by atoms with van der Waals surface area (Å²) in [5.41, 5.74) is 1.82. The number of carbonyl (C=O) groups excluding carboxylic acids is 1. The Morgan fingerprint density at radius 3 is 2.65 bits per heavy atom. The lowest BCUT2D eigenvalue weighted by molar-refractivity contribution is 0.155. The van der Waals surface area contributed by atoms with Crippen molar-refractivity contribution >= 4 is 32.8 Å². The van der Waals surface area contributed by atoms with Gasteiger partial charge in [0.25, 0.3) is 0 Å². The second-order valence-corrected chi connectivity index (χ2v) is 5.20. The minimum Gasteiger partial charge on any atom is -0.444 e. The van der Waals surface area contributed by atoms with E-state index in [0.29, 0.717) is 5.13 Å². The third kappa shape index (κ3) is 2.95. The Morgan fingerprint density at radius 2 is 1.85 bits per heavy atom. The number of nitrogens with zero attached hydrogens (tertiary/aromatic N) is 1. The van der Waals surface area contributed by atoms with Gasteiger partial charge in [-0.15, -0.1) is 0 Å². The summed E-state index contributed by atoms with van der Waals surface area (Å²) in [6, 6.07) is 17.3. The van der Waals surface area contributed by atoms with Crippen LogP contribution in [0.5, 0.6) is 0 Å². The highest BCUT2D eigenvalue weighted by Crippen LogP contribution is 2.25. The van der Waals surface area contributed by atoms with Crippen LogP contribution in [0.1, 0.15) is 5.56 Å². The summed E-state index contributed by atoms with van der Waals surface area (Å²) in [7, 11) is 0. The van der Waals surface area contributed by atoms with Crippen LogP contribution in [0, 0.1) is 0 Å². The Bertz CT molecular complexity index is 692. The van der Waals surface area contributed by atoms with Gasteiger partial charge in [0.1, 0.15) is 6.61 Å². The number of carbonyl (C=O) groups is 1. The third-order valence-corrected chi connectivity index (χ3v) is 3.67. The van der Waals surface area contributed by atoms with E-state index < -0.39 is 6.09 Å². The second kappa shape index (κ2) is 5.71. The van der Waals surface area contributed by atoms with Crippen molar-refractivity contribution in [3.63, 3.8) is 0 Å². The number of hydrogen-bond donors (Lipinski definition) is 1. The van der Waals surface area contributed by atoms with Crippen LogP contribution in [-0.2, 0) is 11.3 Å². The molecule has 0 saturated carbocycles. The van der Waals surface area contributed by atoms with Gasteiger partial charge in [0, 0.05) is 0 Å². The van der Waals surface area contributed by atoms with Gasteiger partial charge in [-0.2, -0.15) is 0 Å². The van der Waals surface area contributed by atoms with Gasteiger partial charge in [0.05, 0.1) is 10.2 Å². The van der Waals surface area contributed by atoms with Gasteiger partial charge in [-0.1, -0.05) is 53.8 Å². The van der Waals surface area contributed by atoms with Gasteiger partial charge < -0.3 is 4.74 Å². The molecule has 5 heteroatoms. The molecule has 20 heavy (non-hydrogen) atoms. The molecule has 3 rings (SSSR count). The van der Waals surface area contributed by atoms with E-state index in [1.54, 1.807) is 0 Å². The van der Waals surface area contributed by atoms with Crippen LogP contribution in [-0.4, -0.2) is 11.1 Å². The molecule has 0 bridgehead atoms. The maximum absolute atomic E-state index is 11.7. The summed E-state index contributed by atoms with van der Waals surface area (Å²) < 4.78 is 6.18. The first kappa shape index (κ1) is 12.6. The van der Waals surface area contributed by atoms with E-state index in [9.17, 15) is 4.79 Å². The average Bonchev–Trinajstić information content (AvgIpc) is 2.88. The number of anilines is 1. The van der Waals surface area contributed by atoms with E-state index >= 15 is 0 Å². The van der Waals surface area contributed by atoms with Crippen LogP contribution in [0.25, 0.3) is 10.2 Å². The number of para-hydroxylation sites is 1. The van der Waals surface area contributed by atoms with E-state index in [-0.39, 0.29) is 6.61 Å². The molecule has 1 aromatic heterocycles. The lowest BCUT2D eigenvalue weighted by atomic mass is 10.2. The molecule has 4 nitrogen and oxygen atoms in total. The molecule has 0 unspecified atom stereocenters. The molecule has 1 heterocycles. The van der Waals surface area contributed by atoms with Crippen LogP contribution in [0.3, 0.4) is 0 Å². The number of amides is 1. The number of ether oxygens (including phenoxy) is 1. The van der Waals surface area contributed by atoms with Gasteiger partial charge in [-0.25, -0.2) is 9.78 Å². The molecule has 0 aliphatic rings. The van der Waals surface area contributed by atoms with Gasteiger partial charge in [-0.05, 0) is 17.7 Å². The predicted molar refractivity (Wildman–Crippen MR) is 79.9 cm³/mol. The Morgan fingerprint density at radius 1 is 1.10 bits per heavy atom. The van der Waals surface area contributed by atoms with E-state index in [1.807, 2.05) is 54.6 Å². The van der Waals surface area contributed by atoms with Crippen molar-refractivity contribution in [1.29, 1.82) is 0 Å². The summed E-state index contributed by atoms with van der Waals surface area (Å²) in [6.45, 7) is 0.248. The SMILES string of the molecule is O=C(Nc1nc2ccccc2s1)OCc1ccccc1. The zero-order valence-electron chi connectivity index (χ0n) is 10.6. The van der Waals surface area contributed by atoms with E-state index in [1.165, 1.54) is 11.3 Å². The zero-order valence-corrected chi connectivity index (χ0v) is 11.4. The standard InChI is InChI=1S/C15H12N2O2S/c18-15(19-10-11-6-2-1-3-7-11)17-14-16-12-8-4-5-9-13(12)20-14/h1-9H,10H2,(H,16,17,18). The minimum atomic E-state index is -0.493. The third-order valence-electron chi connectivity index (χ3n) is 2.72. The van der Waals surface area contributed by atoms with Gasteiger partial charge in [0.15, 0.2) is 5.13 Å². The fraction of sp³-hybridized carbons (Fsp3) is 0.0667. The number of nitrogens with one attached hydrogen (secondary N) is 1. The largest absolute Gasteiger partial charge is 0.444 e. The molecule has 0 aliphatic heterocycles. The number of hydrogen-bond acceptors (Lipinski definition) is 4. The Hall–Kier alpha value is -2.40. The fourth-order valence-corrected chi connectivity index (χ4v) is 2.62. The molecule has 0 atom stereocenters. The topological polar surface area (TPSA) is 51.2 Å². The van der Waals surface area contributed by atoms with Crippen molar-refractivity contribution in [2.75, 3.05) is 5.32 Å². The molecule has 2 aromatic carbocycles. The first-order chi connectivity index (χ1) is 9.81. The van der Waals surface area contributed by atoms with Gasteiger partial charge >= 0.3 is 6.09 Å². The van der Waals surface area contributed by atoms with Crippen molar-refractivity contribution in [2.45, 2.75) is 6.61 Å². The first-order valence-electron chi connectivity index (χ1n) is 6.14. The van der Waals surface area contributed by atoms with Crippen LogP contribution < -0.4 is 5.32 Å². The Balaban J connectivity index is 1.61. The fourth-order valence-electron chi connectivity index (χ4n) is 1.77. The number of fused-ring (bicyclic) bond motifs is 1. The van der Waals surface area contributed by atoms with E-state index in [0.717, 1.165) is 15.8 Å². The molecule has 1 amide bonds. The smallest absolute Gasteiger partial charge is 0.413 e. The Kier molecular flexibility index (Phi) is 3.60. The van der Waals surface area contributed by atoms with Gasteiger partial charge in [-0.3, -0.25) is 5.32 Å². The zero-order chi connectivity index (χ0) is 13.8. The number of rotatable bonds is 3. The first-order valence-corrected chi connectivity index (χ1v) is 6.96. The molecule has 100 valence electrons. The maximum atomic E-state index is 11.7. The quantitative estimate of drug-likeness (QED) is 0.789. The highest BCUT2D eigenvalue weighted by Gasteiger charge is 2.08. The molecule has 0 aliphatic carbocycles. The van der Waals surface area contributed by atoms with Crippen LogP contribution >= 0.6 is 11.3 Å². The van der Waals surface area contributed by atoms with E-state index in [2.05, 4.69) is 10.3 Å². The van der Waals surface area contributed by atoms with Crippen LogP contribution in [0.4, 0.5) is 9.93 Å². The molecule has 3 aromatic rings. The van der Waals surface area contributed by atoms with E-state index in [4.69, 9.17) is 4.74 Å². The average molecular weight is 284 g/mol. The summed E-state index contributed by atoms with van der Waals surface area (Å²) in [4.78, 5) is 16.0. The molecule has 0 saturated heterocycles. The normalized spacial score (nSPS) is 10.4. The van der Waals surface area contributed by atoms with Crippen molar-refractivity contribution in [3.05, 3.63) is 60.2 Å². The molecule has 0 radical (unpaired) electrons. The predicted octanol–water partition coefficient (Wildman–Crippen LogP) is 4.05. The highest BCUT2D eigenvalue weighted by atomic mass is 32.1. The summed E-state index contributed by atoms with van der Waals surface area (Å²) >= 11 is 1.42. The number of benzene rings is 2. The van der Waals surface area contributed by atoms with Crippen LogP contribution in [0.15, 0.2) is 54.6 Å². The highest BCUT2D eigenvalue weighted by molar-refractivity contribution is 7.22. The summed E-state index contributed by atoms with van der Waals surface area (Å²) in [5.74, 6) is 0. The lowest BCUT2D eigenvalue weighted by Gasteiger charge is -2.04. The molecule has 1 N–H and O–H groups in total. The Labute approximate surface area is 120 Å². The second-order valence-electron chi connectivity index (χ2n) is 4.17. The van der Waals surface area contributed by atoms with Crippen molar-refractivity contribution in [2.24, 2.45) is 0 Å².